The van der Waals surface area contributed by atoms with Crippen molar-refractivity contribution in [2.75, 3.05) is 0 Å². The summed E-state index contributed by atoms with van der Waals surface area (Å²) in [6, 6.07) is 6.47. The van der Waals surface area contributed by atoms with Gasteiger partial charge in [-0.1, -0.05) is 23.9 Å². The van der Waals surface area contributed by atoms with E-state index in [9.17, 15) is 10.1 Å². The molecule has 0 saturated heterocycles. The second-order valence-corrected chi connectivity index (χ2v) is 3.97. The molecule has 6 nitrogen and oxygen atoms in total. The average molecular weight is 236 g/mol. The molecule has 2 aromatic rings. The predicted octanol–water partition coefficient (Wildman–Crippen LogP) is 2.01. The van der Waals surface area contributed by atoms with Gasteiger partial charge >= 0.3 is 0 Å². The topological polar surface area (TPSA) is 84.7 Å². The number of non-ortho nitro benzene ring substituents is 1. The lowest BCUT2D eigenvalue weighted by molar-refractivity contribution is -0.384. The van der Waals surface area contributed by atoms with Gasteiger partial charge in [0.05, 0.1) is 4.92 Å². The molecule has 16 heavy (non-hydrogen) atoms. The summed E-state index contributed by atoms with van der Waals surface area (Å²) in [4.78, 5) is 12.9. The molecule has 0 fully saturated rings. The number of H-pyrrole nitrogens is 1. The van der Waals surface area contributed by atoms with Crippen molar-refractivity contribution in [3.8, 4) is 0 Å². The van der Waals surface area contributed by atoms with Gasteiger partial charge in [0, 0.05) is 17.9 Å². The summed E-state index contributed by atoms with van der Waals surface area (Å²) in [5.41, 5.74) is 1.11. The molecule has 0 aliphatic heterocycles. The predicted molar refractivity (Wildman–Crippen MR) is 59.0 cm³/mol. The molecule has 0 aliphatic carbocycles. The first kappa shape index (κ1) is 10.6. The maximum atomic E-state index is 10.4. The molecular weight excluding hydrogens is 228 g/mol. The molecule has 1 N–H and O–H groups in total. The number of hydrogen-bond acceptors (Lipinski definition) is 5. The van der Waals surface area contributed by atoms with Crippen LogP contribution in [-0.2, 0) is 5.75 Å². The molecule has 1 aromatic heterocycles. The number of nitrogens with one attached hydrogen (secondary N) is 1. The van der Waals surface area contributed by atoms with Gasteiger partial charge in [0.15, 0.2) is 5.16 Å². The smallest absolute Gasteiger partial charge is 0.269 e. The molecule has 0 spiro atoms. The van der Waals surface area contributed by atoms with E-state index < -0.39 is 4.92 Å². The van der Waals surface area contributed by atoms with Crippen LogP contribution in [0.25, 0.3) is 0 Å². The van der Waals surface area contributed by atoms with Gasteiger partial charge in [0.25, 0.3) is 5.69 Å². The van der Waals surface area contributed by atoms with E-state index in [1.54, 1.807) is 12.1 Å². The Balaban J connectivity index is 1.98. The first-order chi connectivity index (χ1) is 7.75. The highest BCUT2D eigenvalue weighted by molar-refractivity contribution is 7.98. The van der Waals surface area contributed by atoms with Crippen molar-refractivity contribution in [1.29, 1.82) is 0 Å². The van der Waals surface area contributed by atoms with Crippen LogP contribution in [0.5, 0.6) is 0 Å². The van der Waals surface area contributed by atoms with Gasteiger partial charge in [-0.15, -0.1) is 10.2 Å². The Morgan fingerprint density at radius 3 is 2.69 bits per heavy atom. The number of nitro benzene ring substituents is 1. The van der Waals surface area contributed by atoms with E-state index in [2.05, 4.69) is 15.2 Å². The van der Waals surface area contributed by atoms with Crippen LogP contribution in [0.2, 0.25) is 0 Å². The van der Waals surface area contributed by atoms with Crippen LogP contribution in [0.3, 0.4) is 0 Å². The van der Waals surface area contributed by atoms with Crippen molar-refractivity contribution in [2.45, 2.75) is 10.9 Å². The van der Waals surface area contributed by atoms with Crippen LogP contribution in [0.15, 0.2) is 35.7 Å². The summed E-state index contributed by atoms with van der Waals surface area (Å²) in [5, 5.41) is 18.7. The summed E-state index contributed by atoms with van der Waals surface area (Å²) in [6.45, 7) is 0. The molecule has 1 heterocycles. The van der Waals surface area contributed by atoms with Crippen LogP contribution < -0.4 is 0 Å². The van der Waals surface area contributed by atoms with Gasteiger partial charge in [0.2, 0.25) is 0 Å². The summed E-state index contributed by atoms with van der Waals surface area (Å²) >= 11 is 1.50. The lowest BCUT2D eigenvalue weighted by atomic mass is 10.2. The Hall–Kier alpha value is -1.89. The van der Waals surface area contributed by atoms with Crippen molar-refractivity contribution in [3.05, 3.63) is 46.3 Å². The summed E-state index contributed by atoms with van der Waals surface area (Å²) < 4.78 is 0. The van der Waals surface area contributed by atoms with Gasteiger partial charge in [-0.3, -0.25) is 10.1 Å². The van der Waals surface area contributed by atoms with E-state index in [4.69, 9.17) is 0 Å². The number of nitrogens with zero attached hydrogens (tertiary/aromatic N) is 3. The Morgan fingerprint density at radius 2 is 2.12 bits per heavy atom. The van der Waals surface area contributed by atoms with Crippen LogP contribution >= 0.6 is 11.8 Å². The SMILES string of the molecule is O=[N+]([O-])c1ccc(CSc2nnc[nH]2)cc1. The zero-order valence-electron chi connectivity index (χ0n) is 8.16. The maximum Gasteiger partial charge on any atom is 0.269 e. The first-order valence-corrected chi connectivity index (χ1v) is 5.46. The summed E-state index contributed by atoms with van der Waals surface area (Å²) in [5.74, 6) is 0.702. The highest BCUT2D eigenvalue weighted by atomic mass is 32.2. The third-order valence-corrected chi connectivity index (χ3v) is 2.87. The lowest BCUT2D eigenvalue weighted by Crippen LogP contribution is -1.88. The Kier molecular flexibility index (Phi) is 3.16. The number of hydrogen-bond donors (Lipinski definition) is 1. The summed E-state index contributed by atoms with van der Waals surface area (Å²) in [7, 11) is 0. The molecule has 2 rings (SSSR count). The van der Waals surface area contributed by atoms with Gasteiger partial charge in [-0.05, 0) is 5.56 Å². The molecule has 0 saturated carbocycles. The van der Waals surface area contributed by atoms with E-state index in [0.717, 1.165) is 10.7 Å². The van der Waals surface area contributed by atoms with E-state index in [1.165, 1.54) is 30.2 Å². The Labute approximate surface area is 95.2 Å². The fourth-order valence-corrected chi connectivity index (χ4v) is 1.87. The zero-order chi connectivity index (χ0) is 11.4. The minimum absolute atomic E-state index is 0.105. The van der Waals surface area contributed by atoms with Crippen molar-refractivity contribution in [2.24, 2.45) is 0 Å². The fraction of sp³-hybridized carbons (Fsp3) is 0.111. The van der Waals surface area contributed by atoms with Crippen molar-refractivity contribution in [1.82, 2.24) is 15.2 Å². The van der Waals surface area contributed by atoms with Crippen molar-refractivity contribution >= 4 is 17.4 Å². The molecule has 1 aromatic carbocycles. The Morgan fingerprint density at radius 1 is 1.38 bits per heavy atom. The highest BCUT2D eigenvalue weighted by Crippen LogP contribution is 2.20. The molecular formula is C9H8N4O2S. The van der Waals surface area contributed by atoms with E-state index in [1.807, 2.05) is 0 Å². The van der Waals surface area contributed by atoms with Crippen molar-refractivity contribution in [3.63, 3.8) is 0 Å². The molecule has 0 unspecified atom stereocenters. The van der Waals surface area contributed by atoms with Crippen molar-refractivity contribution < 1.29 is 4.92 Å². The lowest BCUT2D eigenvalue weighted by Gasteiger charge is -1.98. The molecule has 82 valence electrons. The minimum atomic E-state index is -0.409. The first-order valence-electron chi connectivity index (χ1n) is 4.48. The molecule has 0 atom stereocenters. The number of aromatic nitrogens is 3. The highest BCUT2D eigenvalue weighted by Gasteiger charge is 2.04. The van der Waals surface area contributed by atoms with E-state index >= 15 is 0 Å². The fourth-order valence-electron chi connectivity index (χ4n) is 1.13. The van der Waals surface area contributed by atoms with Crippen LogP contribution in [0.1, 0.15) is 5.56 Å². The average Bonchev–Trinajstić information content (AvgIpc) is 2.80. The van der Waals surface area contributed by atoms with Gasteiger partial charge in [-0.2, -0.15) is 0 Å². The second-order valence-electron chi connectivity index (χ2n) is 3.01. The van der Waals surface area contributed by atoms with Gasteiger partial charge in [0.1, 0.15) is 6.33 Å². The summed E-state index contributed by atoms with van der Waals surface area (Å²) in [6.07, 6.45) is 1.51. The normalized spacial score (nSPS) is 10.2. The number of thioether (sulfide) groups is 1. The monoisotopic (exact) mass is 236 g/mol. The number of rotatable bonds is 4. The number of nitro groups is 1. The third-order valence-electron chi connectivity index (χ3n) is 1.92. The maximum absolute atomic E-state index is 10.4. The second kappa shape index (κ2) is 4.75. The van der Waals surface area contributed by atoms with Crippen LogP contribution in [0, 0.1) is 10.1 Å². The Bertz CT molecular complexity index is 469. The van der Waals surface area contributed by atoms with Gasteiger partial charge < -0.3 is 4.98 Å². The van der Waals surface area contributed by atoms with E-state index in [0.29, 0.717) is 5.75 Å². The van der Waals surface area contributed by atoms with E-state index in [-0.39, 0.29) is 5.69 Å². The zero-order valence-corrected chi connectivity index (χ0v) is 8.98. The van der Waals surface area contributed by atoms with Crippen LogP contribution in [-0.4, -0.2) is 20.1 Å². The minimum Gasteiger partial charge on any atom is -0.323 e. The quantitative estimate of drug-likeness (QED) is 0.498. The molecule has 0 aliphatic rings. The molecule has 0 radical (unpaired) electrons. The third kappa shape index (κ3) is 2.57. The largest absolute Gasteiger partial charge is 0.323 e. The number of benzene rings is 1. The molecule has 0 bridgehead atoms. The van der Waals surface area contributed by atoms with Gasteiger partial charge in [-0.25, -0.2) is 0 Å². The molecule has 7 heteroatoms. The number of aromatic amines is 1. The van der Waals surface area contributed by atoms with Crippen LogP contribution in [0.4, 0.5) is 5.69 Å². The standard InChI is InChI=1S/C9H8N4O2S/c14-13(15)8-3-1-7(2-4-8)5-16-9-10-6-11-12-9/h1-4,6H,5H2,(H,10,11,12). The molecule has 0 amide bonds.